The number of nitrogens with zero attached hydrogens (tertiary/aromatic N) is 4. The number of aromatic nitrogens is 2. The van der Waals surface area contributed by atoms with E-state index in [0.717, 1.165) is 44.5 Å². The lowest BCUT2D eigenvalue weighted by Crippen LogP contribution is -2.44. The van der Waals surface area contributed by atoms with Gasteiger partial charge in [-0.25, -0.2) is 9.97 Å². The fourth-order valence-corrected chi connectivity index (χ4v) is 5.22. The Kier molecular flexibility index (Phi) is 4.45. The highest BCUT2D eigenvalue weighted by atomic mass is 32.1. The summed E-state index contributed by atoms with van der Waals surface area (Å²) in [7, 11) is 4.17. The molecule has 0 bridgehead atoms. The first-order valence-electron chi connectivity index (χ1n) is 9.03. The van der Waals surface area contributed by atoms with Gasteiger partial charge < -0.3 is 15.1 Å². The van der Waals surface area contributed by atoms with Crippen molar-refractivity contribution in [3.63, 3.8) is 0 Å². The second kappa shape index (κ2) is 6.58. The highest BCUT2D eigenvalue weighted by Crippen LogP contribution is 2.41. The van der Waals surface area contributed by atoms with E-state index in [-0.39, 0.29) is 0 Å². The van der Waals surface area contributed by atoms with Crippen molar-refractivity contribution in [2.75, 3.05) is 45.2 Å². The minimum atomic E-state index is 0.794. The largest absolute Gasteiger partial charge is 0.353 e. The van der Waals surface area contributed by atoms with Crippen LogP contribution in [0.25, 0.3) is 10.2 Å². The van der Waals surface area contributed by atoms with Gasteiger partial charge in [0.1, 0.15) is 16.5 Å². The molecule has 5 nitrogen and oxygen atoms in total. The van der Waals surface area contributed by atoms with Gasteiger partial charge in [-0.15, -0.1) is 11.3 Å². The smallest absolute Gasteiger partial charge is 0.146 e. The summed E-state index contributed by atoms with van der Waals surface area (Å²) in [6.07, 6.45) is 3.69. The van der Waals surface area contributed by atoms with Crippen molar-refractivity contribution in [3.05, 3.63) is 16.3 Å². The van der Waals surface area contributed by atoms with Crippen molar-refractivity contribution >= 4 is 27.4 Å². The molecule has 2 aliphatic rings. The van der Waals surface area contributed by atoms with E-state index in [0.29, 0.717) is 0 Å². The zero-order valence-electron chi connectivity index (χ0n) is 14.9. The van der Waals surface area contributed by atoms with E-state index in [1.54, 1.807) is 4.88 Å². The van der Waals surface area contributed by atoms with Crippen LogP contribution in [0.15, 0.2) is 0 Å². The Morgan fingerprint density at radius 3 is 2.79 bits per heavy atom. The third-order valence-corrected chi connectivity index (χ3v) is 6.20. The molecule has 1 fully saturated rings. The predicted octanol–water partition coefficient (Wildman–Crippen LogP) is 2.29. The van der Waals surface area contributed by atoms with Crippen LogP contribution in [-0.2, 0) is 19.4 Å². The average Bonchev–Trinajstić information content (AvgIpc) is 2.91. The third-order valence-electron chi connectivity index (χ3n) is 5.06. The fraction of sp³-hybridized carbons (Fsp3) is 0.667. The third kappa shape index (κ3) is 3.03. The maximum Gasteiger partial charge on any atom is 0.146 e. The Morgan fingerprint density at radius 1 is 1.25 bits per heavy atom. The number of rotatable bonds is 3. The normalized spacial score (nSPS) is 21.5. The second-order valence-electron chi connectivity index (χ2n) is 7.47. The zero-order chi connectivity index (χ0) is 16.7. The summed E-state index contributed by atoms with van der Waals surface area (Å²) in [6, 6.07) is 0. The number of piperazine rings is 1. The van der Waals surface area contributed by atoms with E-state index in [4.69, 9.17) is 9.97 Å². The zero-order valence-corrected chi connectivity index (χ0v) is 15.7. The summed E-state index contributed by atoms with van der Waals surface area (Å²) in [6.45, 7) is 7.32. The standard InChI is InChI=1S/C18H27N5S/c1-12-4-5-13-14(10-12)24-18-16(13)17(23-8-6-19-7-9-23)20-15(21-18)11-22(2)3/h12,19H,4-11H2,1-3H3. The molecule has 1 atom stereocenters. The number of anilines is 1. The molecule has 0 spiro atoms. The summed E-state index contributed by atoms with van der Waals surface area (Å²) in [5, 5.41) is 4.80. The van der Waals surface area contributed by atoms with Gasteiger partial charge in [0.25, 0.3) is 0 Å². The van der Waals surface area contributed by atoms with Crippen LogP contribution in [-0.4, -0.2) is 55.1 Å². The lowest BCUT2D eigenvalue weighted by molar-refractivity contribution is 0.391. The molecular formula is C18H27N5S. The summed E-state index contributed by atoms with van der Waals surface area (Å²) < 4.78 is 0. The molecule has 1 unspecified atom stereocenters. The topological polar surface area (TPSA) is 44.3 Å². The number of nitrogens with one attached hydrogen (secondary N) is 1. The van der Waals surface area contributed by atoms with Crippen LogP contribution in [0.5, 0.6) is 0 Å². The van der Waals surface area contributed by atoms with E-state index in [1.807, 2.05) is 11.3 Å². The first kappa shape index (κ1) is 16.2. The predicted molar refractivity (Wildman–Crippen MR) is 101 cm³/mol. The Hall–Kier alpha value is -1.24. The van der Waals surface area contributed by atoms with Crippen molar-refractivity contribution in [1.82, 2.24) is 20.2 Å². The summed E-state index contributed by atoms with van der Waals surface area (Å²) >= 11 is 1.91. The van der Waals surface area contributed by atoms with E-state index < -0.39 is 0 Å². The van der Waals surface area contributed by atoms with Gasteiger partial charge in [0.2, 0.25) is 0 Å². The van der Waals surface area contributed by atoms with Crippen LogP contribution >= 0.6 is 11.3 Å². The van der Waals surface area contributed by atoms with Crippen molar-refractivity contribution in [2.24, 2.45) is 5.92 Å². The molecule has 1 saturated heterocycles. The monoisotopic (exact) mass is 345 g/mol. The highest BCUT2D eigenvalue weighted by Gasteiger charge is 2.26. The van der Waals surface area contributed by atoms with E-state index >= 15 is 0 Å². The van der Waals surface area contributed by atoms with Crippen LogP contribution in [0.3, 0.4) is 0 Å². The van der Waals surface area contributed by atoms with Gasteiger partial charge in [-0.05, 0) is 44.8 Å². The van der Waals surface area contributed by atoms with E-state index in [9.17, 15) is 0 Å². The number of aryl methyl sites for hydroxylation is 1. The number of hydrogen-bond donors (Lipinski definition) is 1. The second-order valence-corrected chi connectivity index (χ2v) is 8.55. The Balaban J connectivity index is 1.85. The highest BCUT2D eigenvalue weighted by molar-refractivity contribution is 7.19. The Morgan fingerprint density at radius 2 is 2.04 bits per heavy atom. The molecule has 2 aromatic rings. The van der Waals surface area contributed by atoms with Crippen molar-refractivity contribution in [3.8, 4) is 0 Å². The average molecular weight is 346 g/mol. The summed E-state index contributed by atoms with van der Waals surface area (Å²) in [4.78, 5) is 17.3. The molecule has 0 saturated carbocycles. The quantitative estimate of drug-likeness (QED) is 0.925. The van der Waals surface area contributed by atoms with Gasteiger partial charge in [0.15, 0.2) is 0 Å². The molecule has 1 aliphatic carbocycles. The fourth-order valence-electron chi connectivity index (χ4n) is 3.83. The maximum atomic E-state index is 5.02. The maximum absolute atomic E-state index is 5.02. The van der Waals surface area contributed by atoms with Gasteiger partial charge in [-0.3, -0.25) is 0 Å². The molecule has 0 amide bonds. The molecule has 0 aromatic carbocycles. The van der Waals surface area contributed by atoms with E-state index in [1.165, 1.54) is 40.9 Å². The lowest BCUT2D eigenvalue weighted by Gasteiger charge is -2.30. The van der Waals surface area contributed by atoms with Crippen molar-refractivity contribution in [1.29, 1.82) is 0 Å². The molecule has 24 heavy (non-hydrogen) atoms. The molecule has 4 rings (SSSR count). The first-order chi connectivity index (χ1) is 11.6. The van der Waals surface area contributed by atoms with Crippen LogP contribution < -0.4 is 10.2 Å². The van der Waals surface area contributed by atoms with Crippen LogP contribution in [0, 0.1) is 5.92 Å². The van der Waals surface area contributed by atoms with E-state index in [2.05, 4.69) is 36.1 Å². The lowest BCUT2D eigenvalue weighted by atomic mass is 9.89. The molecule has 6 heteroatoms. The number of fused-ring (bicyclic) bond motifs is 3. The SMILES string of the molecule is CC1CCc2c(sc3nc(CN(C)C)nc(N4CCNCC4)c23)C1. The van der Waals surface area contributed by atoms with Gasteiger partial charge in [-0.1, -0.05) is 6.92 Å². The first-order valence-corrected chi connectivity index (χ1v) is 9.85. The Labute approximate surface area is 148 Å². The van der Waals surface area contributed by atoms with Crippen LogP contribution in [0.2, 0.25) is 0 Å². The molecular weight excluding hydrogens is 318 g/mol. The number of hydrogen-bond acceptors (Lipinski definition) is 6. The van der Waals surface area contributed by atoms with Crippen LogP contribution in [0.4, 0.5) is 5.82 Å². The molecule has 0 radical (unpaired) electrons. The molecule has 1 aliphatic heterocycles. The van der Waals surface area contributed by atoms with Crippen molar-refractivity contribution in [2.45, 2.75) is 32.7 Å². The Bertz CT molecular complexity index is 733. The molecule has 2 aromatic heterocycles. The minimum Gasteiger partial charge on any atom is -0.353 e. The molecule has 3 heterocycles. The summed E-state index contributed by atoms with van der Waals surface area (Å²) in [5.74, 6) is 2.93. The molecule has 130 valence electrons. The van der Waals surface area contributed by atoms with Crippen LogP contribution in [0.1, 0.15) is 29.6 Å². The molecule has 1 N–H and O–H groups in total. The number of thiophene rings is 1. The minimum absolute atomic E-state index is 0.794. The van der Waals surface area contributed by atoms with Gasteiger partial charge in [-0.2, -0.15) is 0 Å². The van der Waals surface area contributed by atoms with Gasteiger partial charge >= 0.3 is 0 Å². The van der Waals surface area contributed by atoms with Gasteiger partial charge in [0.05, 0.1) is 11.9 Å². The van der Waals surface area contributed by atoms with Crippen molar-refractivity contribution < 1.29 is 0 Å². The van der Waals surface area contributed by atoms with Gasteiger partial charge in [0, 0.05) is 31.1 Å². The summed E-state index contributed by atoms with van der Waals surface area (Å²) in [5.41, 5.74) is 1.54.